The molecule has 0 aromatic heterocycles. The van der Waals surface area contributed by atoms with Crippen LogP contribution in [0.3, 0.4) is 0 Å². The topological polar surface area (TPSA) is 165 Å². The zero-order valence-corrected chi connectivity index (χ0v) is 21.6. The highest BCUT2D eigenvalue weighted by atomic mass is 19.4. The number of amides is 2. The summed E-state index contributed by atoms with van der Waals surface area (Å²) in [6.45, 7) is 4.20. The van der Waals surface area contributed by atoms with Crippen LogP contribution in [-0.2, 0) is 14.4 Å². The van der Waals surface area contributed by atoms with Crippen molar-refractivity contribution in [2.75, 3.05) is 24.5 Å². The number of carbonyl (C=O) groups excluding carboxylic acids is 2. The molecule has 2 aromatic rings. The van der Waals surface area contributed by atoms with Gasteiger partial charge in [-0.05, 0) is 36.2 Å². The lowest BCUT2D eigenvalue weighted by molar-refractivity contribution is -0.192. The Balaban J connectivity index is 0.000000708. The van der Waals surface area contributed by atoms with Crippen molar-refractivity contribution in [3.8, 4) is 11.8 Å². The van der Waals surface area contributed by atoms with Gasteiger partial charge in [-0.3, -0.25) is 19.8 Å². The molecule has 1 aliphatic rings. The first-order chi connectivity index (χ1) is 18.6. The van der Waals surface area contributed by atoms with Crippen molar-refractivity contribution >= 4 is 35.3 Å². The molecule has 1 aliphatic heterocycles. The van der Waals surface area contributed by atoms with Crippen LogP contribution in [0.4, 0.5) is 18.9 Å². The van der Waals surface area contributed by atoms with Crippen molar-refractivity contribution in [1.82, 2.24) is 4.90 Å². The summed E-state index contributed by atoms with van der Waals surface area (Å²) < 4.78 is 31.7. The fourth-order valence-electron chi connectivity index (χ4n) is 3.50. The molecular weight excluding hydrogens is 533 g/mol. The zero-order valence-electron chi connectivity index (χ0n) is 21.6. The third kappa shape index (κ3) is 8.87. The Hall–Kier alpha value is -4.86. The molecule has 0 aliphatic carbocycles. The van der Waals surface area contributed by atoms with Gasteiger partial charge in [-0.25, -0.2) is 4.79 Å². The number of nitrogen functional groups attached to an aromatic ring is 1. The number of fused-ring (bicyclic) bond motifs is 1. The lowest BCUT2D eigenvalue weighted by Crippen LogP contribution is -2.41. The van der Waals surface area contributed by atoms with Gasteiger partial charge in [0.1, 0.15) is 12.4 Å². The number of nitrogens with one attached hydrogen (secondary N) is 1. The minimum absolute atomic E-state index is 0.0216. The van der Waals surface area contributed by atoms with Crippen molar-refractivity contribution in [2.24, 2.45) is 11.7 Å². The Kier molecular flexibility index (Phi) is 10.4. The summed E-state index contributed by atoms with van der Waals surface area (Å²) in [5, 5.41) is 23.6. The minimum Gasteiger partial charge on any atom is -0.481 e. The van der Waals surface area contributed by atoms with Gasteiger partial charge in [0.25, 0.3) is 5.91 Å². The lowest BCUT2D eigenvalue weighted by Gasteiger charge is -2.24. The van der Waals surface area contributed by atoms with Gasteiger partial charge in [0, 0.05) is 29.8 Å². The summed E-state index contributed by atoms with van der Waals surface area (Å²) in [5.74, 6) is 1.79. The Morgan fingerprint density at radius 1 is 1.05 bits per heavy atom. The fraction of sp³-hybridized carbons (Fsp3) is 0.296. The molecule has 0 saturated carbocycles. The third-order valence-corrected chi connectivity index (χ3v) is 5.37. The second kappa shape index (κ2) is 13.3. The second-order valence-corrected chi connectivity index (χ2v) is 9.04. The number of carboxylic acid groups (broad SMARTS) is 2. The van der Waals surface area contributed by atoms with E-state index in [-0.39, 0.29) is 43.1 Å². The van der Waals surface area contributed by atoms with Gasteiger partial charge in [0.15, 0.2) is 0 Å². The van der Waals surface area contributed by atoms with Crippen LogP contribution in [-0.4, -0.2) is 70.5 Å². The quantitative estimate of drug-likeness (QED) is 0.240. The predicted molar refractivity (Wildman–Crippen MR) is 139 cm³/mol. The van der Waals surface area contributed by atoms with E-state index >= 15 is 0 Å². The summed E-state index contributed by atoms with van der Waals surface area (Å²) in [7, 11) is 0. The van der Waals surface area contributed by atoms with Crippen LogP contribution in [0.1, 0.15) is 47.3 Å². The maximum Gasteiger partial charge on any atom is 0.490 e. The molecule has 10 nitrogen and oxygen atoms in total. The van der Waals surface area contributed by atoms with E-state index in [1.54, 1.807) is 47.4 Å². The first-order valence-corrected chi connectivity index (χ1v) is 11.8. The minimum atomic E-state index is -5.08. The molecule has 0 fully saturated rings. The molecular formula is C27H27F3N4O6. The van der Waals surface area contributed by atoms with E-state index in [0.717, 1.165) is 5.56 Å². The SMILES string of the molecule is CC(C)CN1C(=O)CN(CCC(=O)O)C(=O)c2cc(C#Cc3ccc(C(=N)N)cc3)ccc21.O=C(O)C(F)(F)F. The zero-order chi connectivity index (χ0) is 30.2. The first-order valence-electron chi connectivity index (χ1n) is 11.8. The molecule has 2 aromatic carbocycles. The molecule has 0 unspecified atom stereocenters. The monoisotopic (exact) mass is 560 g/mol. The van der Waals surface area contributed by atoms with Crippen LogP contribution in [0.15, 0.2) is 42.5 Å². The molecule has 0 radical (unpaired) electrons. The number of hydrogen-bond donors (Lipinski definition) is 4. The van der Waals surface area contributed by atoms with Gasteiger partial charge < -0.3 is 25.7 Å². The van der Waals surface area contributed by atoms with E-state index in [4.69, 9.17) is 26.2 Å². The molecule has 0 saturated heterocycles. The molecule has 0 bridgehead atoms. The van der Waals surface area contributed by atoms with Gasteiger partial charge in [0.05, 0.1) is 17.7 Å². The predicted octanol–water partition coefficient (Wildman–Crippen LogP) is 2.92. The highest BCUT2D eigenvalue weighted by molar-refractivity contribution is 6.10. The van der Waals surface area contributed by atoms with Gasteiger partial charge >= 0.3 is 18.1 Å². The van der Waals surface area contributed by atoms with Crippen LogP contribution < -0.4 is 10.6 Å². The molecule has 0 spiro atoms. The van der Waals surface area contributed by atoms with Crippen molar-refractivity contribution in [2.45, 2.75) is 26.4 Å². The molecule has 212 valence electrons. The Morgan fingerprint density at radius 3 is 2.10 bits per heavy atom. The Bertz CT molecular complexity index is 1360. The molecule has 1 heterocycles. The number of benzene rings is 2. The number of anilines is 1. The average molecular weight is 561 g/mol. The van der Waals surface area contributed by atoms with Crippen LogP contribution >= 0.6 is 0 Å². The average Bonchev–Trinajstić information content (AvgIpc) is 2.96. The number of nitrogens with zero attached hydrogens (tertiary/aromatic N) is 2. The van der Waals surface area contributed by atoms with Gasteiger partial charge in [0.2, 0.25) is 5.91 Å². The standard InChI is InChI=1S/C25H26N4O4.C2HF3O2/c1-16(2)14-29-21-10-7-18(4-3-17-5-8-19(9-6-17)24(26)27)13-20(21)25(33)28(15-22(29)30)12-11-23(31)32;3-2(4,5)1(6)7/h5-10,13,16H,11-12,14-15H2,1-2H3,(H3,26,27)(H,31,32);(H,6,7). The number of halogens is 3. The smallest absolute Gasteiger partial charge is 0.481 e. The van der Waals surface area contributed by atoms with Gasteiger partial charge in [-0.2, -0.15) is 13.2 Å². The molecule has 40 heavy (non-hydrogen) atoms. The number of carboxylic acids is 2. The van der Waals surface area contributed by atoms with Crippen LogP contribution in [0, 0.1) is 23.2 Å². The van der Waals surface area contributed by atoms with Crippen molar-refractivity contribution in [3.63, 3.8) is 0 Å². The van der Waals surface area contributed by atoms with E-state index in [1.165, 1.54) is 4.90 Å². The van der Waals surface area contributed by atoms with E-state index in [1.807, 2.05) is 13.8 Å². The molecule has 3 rings (SSSR count). The van der Waals surface area contributed by atoms with E-state index in [2.05, 4.69) is 11.8 Å². The van der Waals surface area contributed by atoms with Crippen LogP contribution in [0.2, 0.25) is 0 Å². The lowest BCUT2D eigenvalue weighted by atomic mass is 10.0. The Labute approximate surface area is 227 Å². The van der Waals surface area contributed by atoms with E-state index < -0.39 is 18.1 Å². The van der Waals surface area contributed by atoms with Gasteiger partial charge in [-0.15, -0.1) is 0 Å². The number of alkyl halides is 3. The highest BCUT2D eigenvalue weighted by Crippen LogP contribution is 2.28. The fourth-order valence-corrected chi connectivity index (χ4v) is 3.50. The summed E-state index contributed by atoms with van der Waals surface area (Å²) in [5.41, 5.74) is 8.22. The van der Waals surface area contributed by atoms with Gasteiger partial charge in [-0.1, -0.05) is 37.8 Å². The van der Waals surface area contributed by atoms with Crippen LogP contribution in [0.25, 0.3) is 0 Å². The number of hydrogen-bond acceptors (Lipinski definition) is 5. The molecule has 13 heteroatoms. The first kappa shape index (κ1) is 31.4. The maximum absolute atomic E-state index is 13.2. The summed E-state index contributed by atoms with van der Waals surface area (Å²) >= 11 is 0. The van der Waals surface area contributed by atoms with Crippen LogP contribution in [0.5, 0.6) is 0 Å². The summed E-state index contributed by atoms with van der Waals surface area (Å²) in [4.78, 5) is 49.0. The van der Waals surface area contributed by atoms with Crippen molar-refractivity contribution < 1.29 is 42.6 Å². The molecule has 5 N–H and O–H groups in total. The second-order valence-electron chi connectivity index (χ2n) is 9.04. The largest absolute Gasteiger partial charge is 0.490 e. The van der Waals surface area contributed by atoms with Crippen molar-refractivity contribution in [1.29, 1.82) is 5.41 Å². The third-order valence-electron chi connectivity index (χ3n) is 5.37. The number of rotatable bonds is 6. The molecule has 0 atom stereocenters. The summed E-state index contributed by atoms with van der Waals surface area (Å²) in [6.07, 6.45) is -5.33. The normalized spacial score (nSPS) is 12.9. The highest BCUT2D eigenvalue weighted by Gasteiger charge is 2.38. The summed E-state index contributed by atoms with van der Waals surface area (Å²) in [6, 6.07) is 12.1. The van der Waals surface area contributed by atoms with Crippen molar-refractivity contribution in [3.05, 3.63) is 64.7 Å². The van der Waals surface area contributed by atoms with E-state index in [9.17, 15) is 27.6 Å². The number of carbonyl (C=O) groups is 4. The molecule has 2 amide bonds. The number of amidine groups is 1. The number of nitrogens with two attached hydrogens (primary N) is 1. The number of aliphatic carboxylic acids is 2. The maximum atomic E-state index is 13.2. The Morgan fingerprint density at radius 2 is 1.60 bits per heavy atom. The van der Waals surface area contributed by atoms with E-state index in [0.29, 0.717) is 28.9 Å².